The van der Waals surface area contributed by atoms with Crippen LogP contribution in [-0.2, 0) is 20.7 Å². The molecule has 0 radical (unpaired) electrons. The first kappa shape index (κ1) is 23.4. The van der Waals surface area contributed by atoms with Crippen molar-refractivity contribution < 1.29 is 23.8 Å². The highest BCUT2D eigenvalue weighted by Gasteiger charge is 2.28. The van der Waals surface area contributed by atoms with Crippen LogP contribution >= 0.6 is 0 Å². The fourth-order valence-corrected chi connectivity index (χ4v) is 4.17. The second kappa shape index (κ2) is 10.4. The van der Waals surface area contributed by atoms with Gasteiger partial charge in [0, 0.05) is 32.6 Å². The number of carbonyl (C=O) groups excluding carboxylic acids is 2. The average Bonchev–Trinajstić information content (AvgIpc) is 2.76. The number of nitrogens with zero attached hydrogens (tertiary/aromatic N) is 2. The Morgan fingerprint density at radius 3 is 2.35 bits per heavy atom. The molecule has 2 aliphatic rings. The van der Waals surface area contributed by atoms with E-state index in [9.17, 15) is 9.59 Å². The van der Waals surface area contributed by atoms with Crippen molar-refractivity contribution in [1.29, 1.82) is 0 Å². The Balaban J connectivity index is 1.55. The maximum atomic E-state index is 12.4. The molecule has 2 saturated heterocycles. The molecule has 7 heteroatoms. The number of morpholine rings is 1. The number of hydrogen-bond acceptors (Lipinski definition) is 5. The molecule has 3 rings (SSSR count). The third-order valence-corrected chi connectivity index (χ3v) is 5.88. The van der Waals surface area contributed by atoms with Crippen LogP contribution in [0, 0.1) is 0 Å². The van der Waals surface area contributed by atoms with E-state index < -0.39 is 5.60 Å². The second-order valence-electron chi connectivity index (χ2n) is 9.31. The standard InChI is InChI=1S/C24H36N2O5/c1-24(2,3)31-23(28)26-11-9-19(10-12-26)20-7-5-18(17-21(20)29-4)6-8-22(27)25-13-15-30-16-14-25/h5,7,17,19H,6,8-16H2,1-4H3. The van der Waals surface area contributed by atoms with Crippen molar-refractivity contribution >= 4 is 12.0 Å². The molecule has 0 spiro atoms. The third-order valence-electron chi connectivity index (χ3n) is 5.88. The van der Waals surface area contributed by atoms with E-state index in [0.29, 0.717) is 58.2 Å². The van der Waals surface area contributed by atoms with E-state index in [-0.39, 0.29) is 12.0 Å². The van der Waals surface area contributed by atoms with E-state index in [1.807, 2.05) is 25.7 Å². The number of amides is 2. The maximum Gasteiger partial charge on any atom is 0.410 e. The van der Waals surface area contributed by atoms with Crippen molar-refractivity contribution in [3.63, 3.8) is 0 Å². The van der Waals surface area contributed by atoms with Crippen molar-refractivity contribution in [1.82, 2.24) is 9.80 Å². The first-order valence-corrected chi connectivity index (χ1v) is 11.3. The van der Waals surface area contributed by atoms with Gasteiger partial charge in [-0.15, -0.1) is 0 Å². The summed E-state index contributed by atoms with van der Waals surface area (Å²) in [5.74, 6) is 1.39. The largest absolute Gasteiger partial charge is 0.496 e. The highest BCUT2D eigenvalue weighted by atomic mass is 16.6. The smallest absolute Gasteiger partial charge is 0.410 e. The molecule has 1 aromatic carbocycles. The number of aryl methyl sites for hydroxylation is 1. The van der Waals surface area contributed by atoms with Crippen molar-refractivity contribution in [2.24, 2.45) is 0 Å². The molecule has 0 aliphatic carbocycles. The molecule has 2 amide bonds. The summed E-state index contributed by atoms with van der Waals surface area (Å²) in [4.78, 5) is 28.4. The van der Waals surface area contributed by atoms with Crippen LogP contribution in [0.2, 0.25) is 0 Å². The van der Waals surface area contributed by atoms with Gasteiger partial charge in [-0.05, 0) is 63.1 Å². The van der Waals surface area contributed by atoms with Gasteiger partial charge < -0.3 is 24.0 Å². The SMILES string of the molecule is COc1cc(CCC(=O)N2CCOCC2)ccc1C1CCN(C(=O)OC(C)(C)C)CC1. The quantitative estimate of drug-likeness (QED) is 0.711. The molecule has 0 N–H and O–H groups in total. The minimum atomic E-state index is -0.476. The maximum absolute atomic E-state index is 12.4. The summed E-state index contributed by atoms with van der Waals surface area (Å²) in [6.07, 6.45) is 2.72. The number of benzene rings is 1. The minimum Gasteiger partial charge on any atom is -0.496 e. The Morgan fingerprint density at radius 1 is 1.06 bits per heavy atom. The van der Waals surface area contributed by atoms with Gasteiger partial charge in [0.2, 0.25) is 5.91 Å². The molecule has 0 aromatic heterocycles. The predicted octanol–water partition coefficient (Wildman–Crippen LogP) is 3.60. The van der Waals surface area contributed by atoms with Gasteiger partial charge >= 0.3 is 6.09 Å². The number of piperidine rings is 1. The van der Waals surface area contributed by atoms with E-state index in [4.69, 9.17) is 14.2 Å². The monoisotopic (exact) mass is 432 g/mol. The van der Waals surface area contributed by atoms with Crippen LogP contribution in [0.5, 0.6) is 5.75 Å². The topological polar surface area (TPSA) is 68.3 Å². The van der Waals surface area contributed by atoms with Gasteiger partial charge in [0.25, 0.3) is 0 Å². The van der Waals surface area contributed by atoms with Gasteiger partial charge in [0.1, 0.15) is 11.4 Å². The van der Waals surface area contributed by atoms with Gasteiger partial charge in [-0.3, -0.25) is 4.79 Å². The first-order chi connectivity index (χ1) is 14.8. The van der Waals surface area contributed by atoms with Gasteiger partial charge in [-0.25, -0.2) is 4.79 Å². The zero-order chi connectivity index (χ0) is 22.4. The lowest BCUT2D eigenvalue weighted by atomic mass is 9.88. The Hall–Kier alpha value is -2.28. The number of hydrogen-bond donors (Lipinski definition) is 0. The normalized spacial score (nSPS) is 18.1. The van der Waals surface area contributed by atoms with Gasteiger partial charge in [0.15, 0.2) is 0 Å². The number of carbonyl (C=O) groups is 2. The van der Waals surface area contributed by atoms with Gasteiger partial charge in [-0.2, -0.15) is 0 Å². The lowest BCUT2D eigenvalue weighted by Gasteiger charge is -2.34. The zero-order valence-electron chi connectivity index (χ0n) is 19.3. The van der Waals surface area contributed by atoms with E-state index >= 15 is 0 Å². The average molecular weight is 433 g/mol. The van der Waals surface area contributed by atoms with Crippen LogP contribution in [0.3, 0.4) is 0 Å². The molecule has 2 aliphatic heterocycles. The molecule has 0 saturated carbocycles. The Labute approximate surface area is 185 Å². The molecule has 1 aromatic rings. The highest BCUT2D eigenvalue weighted by molar-refractivity contribution is 5.76. The first-order valence-electron chi connectivity index (χ1n) is 11.3. The predicted molar refractivity (Wildman–Crippen MR) is 118 cm³/mol. The summed E-state index contributed by atoms with van der Waals surface area (Å²) in [6, 6.07) is 6.29. The van der Waals surface area contributed by atoms with Crippen LogP contribution in [0.25, 0.3) is 0 Å². The lowest BCUT2D eigenvalue weighted by Crippen LogP contribution is -2.41. The third kappa shape index (κ3) is 6.60. The van der Waals surface area contributed by atoms with Crippen molar-refractivity contribution in [3.8, 4) is 5.75 Å². The summed E-state index contributed by atoms with van der Waals surface area (Å²) in [7, 11) is 1.69. The van der Waals surface area contributed by atoms with Crippen LogP contribution in [0.15, 0.2) is 18.2 Å². The highest BCUT2D eigenvalue weighted by Crippen LogP contribution is 2.35. The molecule has 31 heavy (non-hydrogen) atoms. The molecule has 0 atom stereocenters. The molecule has 7 nitrogen and oxygen atoms in total. The Morgan fingerprint density at radius 2 is 1.74 bits per heavy atom. The fourth-order valence-electron chi connectivity index (χ4n) is 4.17. The number of likely N-dealkylation sites (tertiary alicyclic amines) is 1. The van der Waals surface area contributed by atoms with Crippen molar-refractivity contribution in [2.45, 2.75) is 58.0 Å². The van der Waals surface area contributed by atoms with E-state index in [0.717, 1.165) is 24.2 Å². The minimum absolute atomic E-state index is 0.181. The molecular weight excluding hydrogens is 396 g/mol. The molecular formula is C24H36N2O5. The van der Waals surface area contributed by atoms with Crippen LogP contribution in [0.1, 0.15) is 57.1 Å². The van der Waals surface area contributed by atoms with Crippen LogP contribution in [-0.4, -0.2) is 73.9 Å². The molecule has 172 valence electrons. The fraction of sp³-hybridized carbons (Fsp3) is 0.667. The number of ether oxygens (including phenoxy) is 3. The van der Waals surface area contributed by atoms with Gasteiger partial charge in [-0.1, -0.05) is 12.1 Å². The molecule has 2 heterocycles. The summed E-state index contributed by atoms with van der Waals surface area (Å²) in [5, 5.41) is 0. The van der Waals surface area contributed by atoms with Crippen molar-refractivity contribution in [2.75, 3.05) is 46.5 Å². The summed E-state index contributed by atoms with van der Waals surface area (Å²) in [6.45, 7) is 9.64. The number of methoxy groups -OCH3 is 1. The van der Waals surface area contributed by atoms with E-state index in [2.05, 4.69) is 18.2 Å². The second-order valence-corrected chi connectivity index (χ2v) is 9.31. The number of rotatable bonds is 5. The van der Waals surface area contributed by atoms with Gasteiger partial charge in [0.05, 0.1) is 20.3 Å². The Bertz CT molecular complexity index is 760. The Kier molecular flexibility index (Phi) is 7.81. The summed E-state index contributed by atoms with van der Waals surface area (Å²) >= 11 is 0. The molecule has 0 unspecified atom stereocenters. The van der Waals surface area contributed by atoms with E-state index in [1.165, 1.54) is 5.56 Å². The molecule has 2 fully saturated rings. The van der Waals surface area contributed by atoms with E-state index in [1.54, 1.807) is 12.0 Å². The zero-order valence-corrected chi connectivity index (χ0v) is 19.3. The van der Waals surface area contributed by atoms with Crippen molar-refractivity contribution in [3.05, 3.63) is 29.3 Å². The van der Waals surface area contributed by atoms with Crippen LogP contribution < -0.4 is 4.74 Å². The lowest BCUT2D eigenvalue weighted by molar-refractivity contribution is -0.135. The summed E-state index contributed by atoms with van der Waals surface area (Å²) in [5.41, 5.74) is 1.80. The van der Waals surface area contributed by atoms with Crippen LogP contribution in [0.4, 0.5) is 4.79 Å². The summed E-state index contributed by atoms with van der Waals surface area (Å²) < 4.78 is 16.5. The molecule has 0 bridgehead atoms.